The molecule has 1 aromatic heterocycles. The zero-order valence-electron chi connectivity index (χ0n) is 8.82. The molecular formula is C11H10BrNO3. The molecule has 4 nitrogen and oxygen atoms in total. The second-order valence-electron chi connectivity index (χ2n) is 3.46. The number of benzene rings is 1. The van der Waals surface area contributed by atoms with Crippen LogP contribution in [0.5, 0.6) is 5.75 Å². The van der Waals surface area contributed by atoms with E-state index in [-0.39, 0.29) is 5.56 Å². The largest absolute Gasteiger partial charge is 0.496 e. The van der Waals surface area contributed by atoms with Gasteiger partial charge in [0.15, 0.2) is 0 Å². The molecule has 0 atom stereocenters. The molecule has 0 aliphatic rings. The summed E-state index contributed by atoms with van der Waals surface area (Å²) in [5.74, 6) is -0.309. The molecule has 0 saturated heterocycles. The van der Waals surface area contributed by atoms with Crippen molar-refractivity contribution >= 4 is 32.8 Å². The normalized spacial score (nSPS) is 10.7. The van der Waals surface area contributed by atoms with Gasteiger partial charge >= 0.3 is 5.97 Å². The first-order valence-corrected chi connectivity index (χ1v) is 5.39. The third-order valence-electron chi connectivity index (χ3n) is 2.49. The van der Waals surface area contributed by atoms with E-state index in [1.807, 2.05) is 13.1 Å². The average Bonchev–Trinajstić information content (AvgIpc) is 2.55. The molecule has 0 aliphatic heterocycles. The Morgan fingerprint density at radius 1 is 1.50 bits per heavy atom. The van der Waals surface area contributed by atoms with Crippen molar-refractivity contribution in [2.45, 2.75) is 0 Å². The lowest BCUT2D eigenvalue weighted by Gasteiger charge is -2.04. The van der Waals surface area contributed by atoms with Crippen LogP contribution in [-0.2, 0) is 7.05 Å². The Kier molecular flexibility index (Phi) is 2.63. The highest BCUT2D eigenvalue weighted by atomic mass is 79.9. The van der Waals surface area contributed by atoms with Crippen LogP contribution in [0.15, 0.2) is 22.8 Å². The standard InChI is InChI=1S/C11H10BrNO3/c1-13-5-7(11(14)15)6-3-10(16-2)8(12)4-9(6)13/h3-5H,1-2H3,(H,14,15). The lowest BCUT2D eigenvalue weighted by molar-refractivity contribution is 0.0699. The molecule has 0 aliphatic carbocycles. The molecule has 84 valence electrons. The molecule has 1 heterocycles. The summed E-state index contributed by atoms with van der Waals surface area (Å²) in [5, 5.41) is 9.74. The maximum atomic E-state index is 11.0. The first kappa shape index (κ1) is 11.0. The van der Waals surface area contributed by atoms with Crippen molar-refractivity contribution in [3.05, 3.63) is 28.4 Å². The minimum absolute atomic E-state index is 0.281. The predicted octanol–water partition coefficient (Wildman–Crippen LogP) is 2.65. The van der Waals surface area contributed by atoms with Gasteiger partial charge in [0.1, 0.15) is 5.75 Å². The zero-order chi connectivity index (χ0) is 11.9. The van der Waals surface area contributed by atoms with Gasteiger partial charge in [0.2, 0.25) is 0 Å². The Hall–Kier alpha value is -1.49. The number of fused-ring (bicyclic) bond motifs is 1. The number of halogens is 1. The van der Waals surface area contributed by atoms with E-state index in [1.165, 1.54) is 0 Å². The van der Waals surface area contributed by atoms with Gasteiger partial charge in [-0.3, -0.25) is 0 Å². The van der Waals surface area contributed by atoms with E-state index in [0.29, 0.717) is 11.1 Å². The highest BCUT2D eigenvalue weighted by molar-refractivity contribution is 9.10. The highest BCUT2D eigenvalue weighted by Crippen LogP contribution is 2.32. The van der Waals surface area contributed by atoms with Crippen LogP contribution in [0.1, 0.15) is 10.4 Å². The molecule has 5 heteroatoms. The molecule has 2 aromatic rings. The van der Waals surface area contributed by atoms with Crippen LogP contribution in [-0.4, -0.2) is 22.8 Å². The maximum absolute atomic E-state index is 11.0. The van der Waals surface area contributed by atoms with Crippen LogP contribution >= 0.6 is 15.9 Å². The van der Waals surface area contributed by atoms with E-state index in [4.69, 9.17) is 9.84 Å². The lowest BCUT2D eigenvalue weighted by atomic mass is 10.1. The minimum atomic E-state index is -0.935. The molecular weight excluding hydrogens is 274 g/mol. The van der Waals surface area contributed by atoms with Crippen LogP contribution in [0.3, 0.4) is 0 Å². The van der Waals surface area contributed by atoms with Crippen molar-refractivity contribution in [1.29, 1.82) is 0 Å². The average molecular weight is 284 g/mol. The van der Waals surface area contributed by atoms with Gasteiger partial charge in [-0.25, -0.2) is 4.79 Å². The molecule has 0 saturated carbocycles. The van der Waals surface area contributed by atoms with Gasteiger partial charge in [-0.1, -0.05) is 0 Å². The summed E-state index contributed by atoms with van der Waals surface area (Å²) < 4.78 is 7.73. The van der Waals surface area contributed by atoms with Gasteiger partial charge in [0.25, 0.3) is 0 Å². The van der Waals surface area contributed by atoms with E-state index >= 15 is 0 Å². The number of carboxylic acid groups (broad SMARTS) is 1. The Labute approximate surface area is 101 Å². The molecule has 0 unspecified atom stereocenters. The first-order valence-electron chi connectivity index (χ1n) is 4.60. The van der Waals surface area contributed by atoms with Gasteiger partial charge in [0.05, 0.1) is 22.7 Å². The summed E-state index contributed by atoms with van der Waals surface area (Å²) in [6.07, 6.45) is 1.60. The number of carboxylic acids is 1. The van der Waals surface area contributed by atoms with E-state index < -0.39 is 5.97 Å². The summed E-state index contributed by atoms with van der Waals surface area (Å²) in [7, 11) is 3.36. The second-order valence-corrected chi connectivity index (χ2v) is 4.32. The highest BCUT2D eigenvalue weighted by Gasteiger charge is 2.15. The Morgan fingerprint density at radius 3 is 2.75 bits per heavy atom. The number of carbonyl (C=O) groups is 1. The quantitative estimate of drug-likeness (QED) is 0.922. The van der Waals surface area contributed by atoms with E-state index in [1.54, 1.807) is 23.9 Å². The number of aryl methyl sites for hydroxylation is 1. The molecule has 1 aromatic carbocycles. The van der Waals surface area contributed by atoms with Crippen molar-refractivity contribution in [2.75, 3.05) is 7.11 Å². The van der Waals surface area contributed by atoms with Gasteiger partial charge in [-0.05, 0) is 28.1 Å². The fourth-order valence-corrected chi connectivity index (χ4v) is 2.20. The number of hydrogen-bond donors (Lipinski definition) is 1. The third kappa shape index (κ3) is 1.57. The van der Waals surface area contributed by atoms with Crippen molar-refractivity contribution in [1.82, 2.24) is 4.57 Å². The lowest BCUT2D eigenvalue weighted by Crippen LogP contribution is -1.94. The molecule has 1 N–H and O–H groups in total. The number of methoxy groups -OCH3 is 1. The van der Waals surface area contributed by atoms with Crippen LogP contribution in [0.25, 0.3) is 10.9 Å². The molecule has 16 heavy (non-hydrogen) atoms. The summed E-state index contributed by atoms with van der Waals surface area (Å²) in [6.45, 7) is 0. The minimum Gasteiger partial charge on any atom is -0.496 e. The maximum Gasteiger partial charge on any atom is 0.337 e. The van der Waals surface area contributed by atoms with Crippen molar-refractivity contribution < 1.29 is 14.6 Å². The van der Waals surface area contributed by atoms with E-state index in [0.717, 1.165) is 9.99 Å². The van der Waals surface area contributed by atoms with Crippen LogP contribution in [0.4, 0.5) is 0 Å². The molecule has 0 fully saturated rings. The SMILES string of the molecule is COc1cc2c(C(=O)O)cn(C)c2cc1Br. The second kappa shape index (κ2) is 3.83. The first-order chi connectivity index (χ1) is 7.54. The summed E-state index contributed by atoms with van der Waals surface area (Å²) in [4.78, 5) is 11.0. The molecule has 0 spiro atoms. The molecule has 2 rings (SSSR count). The fourth-order valence-electron chi connectivity index (χ4n) is 1.71. The zero-order valence-corrected chi connectivity index (χ0v) is 10.4. The van der Waals surface area contributed by atoms with Gasteiger partial charge in [0, 0.05) is 18.6 Å². The van der Waals surface area contributed by atoms with Gasteiger partial charge < -0.3 is 14.4 Å². The number of nitrogens with zero attached hydrogens (tertiary/aromatic N) is 1. The Morgan fingerprint density at radius 2 is 2.19 bits per heavy atom. The van der Waals surface area contributed by atoms with Gasteiger partial charge in [-0.2, -0.15) is 0 Å². The third-order valence-corrected chi connectivity index (χ3v) is 3.11. The number of hydrogen-bond acceptors (Lipinski definition) is 2. The smallest absolute Gasteiger partial charge is 0.337 e. The number of aromatic nitrogens is 1. The number of ether oxygens (including phenoxy) is 1. The van der Waals surface area contributed by atoms with Crippen molar-refractivity contribution in [3.63, 3.8) is 0 Å². The topological polar surface area (TPSA) is 51.5 Å². The van der Waals surface area contributed by atoms with Gasteiger partial charge in [-0.15, -0.1) is 0 Å². The van der Waals surface area contributed by atoms with Crippen LogP contribution in [0.2, 0.25) is 0 Å². The number of rotatable bonds is 2. The van der Waals surface area contributed by atoms with Crippen molar-refractivity contribution in [3.8, 4) is 5.75 Å². The summed E-state index contributed by atoms with van der Waals surface area (Å²) >= 11 is 3.37. The molecule has 0 amide bonds. The van der Waals surface area contributed by atoms with Crippen LogP contribution in [0, 0.1) is 0 Å². The monoisotopic (exact) mass is 283 g/mol. The molecule has 0 radical (unpaired) electrons. The van der Waals surface area contributed by atoms with Crippen LogP contribution < -0.4 is 4.74 Å². The van der Waals surface area contributed by atoms with Crippen molar-refractivity contribution in [2.24, 2.45) is 7.05 Å². The summed E-state index contributed by atoms with van der Waals surface area (Å²) in [5.41, 5.74) is 1.13. The fraction of sp³-hybridized carbons (Fsp3) is 0.182. The Balaban J connectivity index is 2.83. The van der Waals surface area contributed by atoms with E-state index in [9.17, 15) is 4.79 Å². The predicted molar refractivity (Wildman–Crippen MR) is 64.1 cm³/mol. The molecule has 0 bridgehead atoms. The number of aromatic carboxylic acids is 1. The van der Waals surface area contributed by atoms with E-state index in [2.05, 4.69) is 15.9 Å². The summed E-state index contributed by atoms with van der Waals surface area (Å²) in [6, 6.07) is 3.57. The Bertz CT molecular complexity index is 574.